The van der Waals surface area contributed by atoms with Crippen LogP contribution in [0.25, 0.3) is 0 Å². The average Bonchev–Trinajstić information content (AvgIpc) is 2.98. The highest BCUT2D eigenvalue weighted by atomic mass is 32.2. The third kappa shape index (κ3) is 4.32. The Morgan fingerprint density at radius 1 is 0.900 bits per heavy atom. The molecule has 0 aliphatic carbocycles. The number of hydrogen-bond acceptors (Lipinski definition) is 5. The molecule has 10 heteroatoms. The molecule has 0 bridgehead atoms. The highest BCUT2D eigenvalue weighted by Crippen LogP contribution is 2.25. The Balaban J connectivity index is 1.73. The topological polar surface area (TPSA) is 92.6 Å². The Bertz CT molecular complexity index is 1100. The van der Waals surface area contributed by atoms with Crippen molar-refractivity contribution in [2.45, 2.75) is 49.8 Å². The van der Waals surface area contributed by atoms with Crippen molar-refractivity contribution in [2.75, 3.05) is 26.2 Å². The fourth-order valence-electron chi connectivity index (χ4n) is 3.77. The second kappa shape index (κ2) is 8.78. The summed E-state index contributed by atoms with van der Waals surface area (Å²) in [4.78, 5) is 0.460. The summed E-state index contributed by atoms with van der Waals surface area (Å²) in [6.07, 6.45) is 3.09. The minimum atomic E-state index is -3.72. The Labute approximate surface area is 179 Å². The molecule has 2 heterocycles. The first-order chi connectivity index (χ1) is 14.1. The zero-order valence-electron chi connectivity index (χ0n) is 18.0. The van der Waals surface area contributed by atoms with E-state index in [1.165, 1.54) is 8.61 Å². The van der Waals surface area contributed by atoms with Gasteiger partial charge in [0.05, 0.1) is 16.3 Å². The van der Waals surface area contributed by atoms with Crippen molar-refractivity contribution in [2.24, 2.45) is 7.05 Å². The Kier molecular flexibility index (Phi) is 6.71. The van der Waals surface area contributed by atoms with Gasteiger partial charge in [-0.15, -0.1) is 0 Å². The fourth-order valence-corrected chi connectivity index (χ4v) is 7.01. The summed E-state index contributed by atoms with van der Waals surface area (Å²) in [6, 6.07) is 7.01. The van der Waals surface area contributed by atoms with Gasteiger partial charge in [0.1, 0.15) is 4.90 Å². The van der Waals surface area contributed by atoms with Crippen LogP contribution in [-0.4, -0.2) is 61.4 Å². The lowest BCUT2D eigenvalue weighted by Crippen LogP contribution is -2.50. The Morgan fingerprint density at radius 3 is 1.90 bits per heavy atom. The van der Waals surface area contributed by atoms with E-state index >= 15 is 0 Å². The van der Waals surface area contributed by atoms with Gasteiger partial charge >= 0.3 is 0 Å². The van der Waals surface area contributed by atoms with E-state index in [-0.39, 0.29) is 36.0 Å². The van der Waals surface area contributed by atoms with Gasteiger partial charge < -0.3 is 0 Å². The highest BCUT2D eigenvalue weighted by molar-refractivity contribution is 7.89. The molecule has 0 unspecified atom stereocenters. The van der Waals surface area contributed by atoms with Crippen LogP contribution >= 0.6 is 0 Å². The quantitative estimate of drug-likeness (QED) is 0.639. The maximum absolute atomic E-state index is 13.1. The third-order valence-corrected chi connectivity index (χ3v) is 9.68. The van der Waals surface area contributed by atoms with Crippen LogP contribution in [0.15, 0.2) is 34.1 Å². The SMILES string of the molecule is CCCCc1ccc(S(=O)(=O)N2CCN(S(=O)(=O)c3c(C)nn(C)c3C)CC2)cc1. The van der Waals surface area contributed by atoms with E-state index < -0.39 is 20.0 Å². The second-order valence-corrected chi connectivity index (χ2v) is 11.5. The van der Waals surface area contributed by atoms with Crippen molar-refractivity contribution in [3.8, 4) is 0 Å². The van der Waals surface area contributed by atoms with Crippen molar-refractivity contribution in [1.82, 2.24) is 18.4 Å². The van der Waals surface area contributed by atoms with Gasteiger partial charge in [0.2, 0.25) is 20.0 Å². The van der Waals surface area contributed by atoms with Crippen LogP contribution in [0.4, 0.5) is 0 Å². The van der Waals surface area contributed by atoms with Gasteiger partial charge in [-0.3, -0.25) is 4.68 Å². The van der Waals surface area contributed by atoms with Crippen LogP contribution < -0.4 is 0 Å². The first kappa shape index (κ1) is 22.9. The number of hydrogen-bond donors (Lipinski definition) is 0. The van der Waals surface area contributed by atoms with E-state index in [4.69, 9.17) is 0 Å². The first-order valence-electron chi connectivity index (χ1n) is 10.2. The van der Waals surface area contributed by atoms with Crippen LogP contribution in [-0.2, 0) is 33.5 Å². The van der Waals surface area contributed by atoms with E-state index in [2.05, 4.69) is 12.0 Å². The average molecular weight is 455 g/mol. The van der Waals surface area contributed by atoms with E-state index in [0.29, 0.717) is 11.4 Å². The number of unbranched alkanes of at least 4 members (excludes halogenated alkanes) is 1. The van der Waals surface area contributed by atoms with E-state index in [9.17, 15) is 16.8 Å². The molecule has 0 atom stereocenters. The molecule has 1 aromatic carbocycles. The molecule has 0 amide bonds. The van der Waals surface area contributed by atoms with E-state index in [1.54, 1.807) is 37.7 Å². The first-order valence-corrected chi connectivity index (χ1v) is 13.1. The predicted octanol–water partition coefficient (Wildman–Crippen LogP) is 2.07. The summed E-state index contributed by atoms with van der Waals surface area (Å²) in [5.74, 6) is 0. The molecule has 2 aromatic rings. The molecular weight excluding hydrogens is 424 g/mol. The van der Waals surface area contributed by atoms with E-state index in [0.717, 1.165) is 24.8 Å². The zero-order valence-corrected chi connectivity index (χ0v) is 19.6. The lowest BCUT2D eigenvalue weighted by molar-refractivity contribution is 0.272. The van der Waals surface area contributed by atoms with Gasteiger partial charge in [0.15, 0.2) is 0 Å². The monoisotopic (exact) mass is 454 g/mol. The molecule has 1 fully saturated rings. The molecule has 1 saturated heterocycles. The van der Waals surface area contributed by atoms with Gasteiger partial charge in [-0.05, 0) is 44.4 Å². The number of piperazine rings is 1. The minimum absolute atomic E-state index is 0.115. The molecule has 1 aromatic heterocycles. The standard InChI is InChI=1S/C20H30N4O4S2/c1-5-6-7-18-8-10-19(11-9-18)29(25,26)23-12-14-24(15-13-23)30(27,28)20-16(2)21-22(4)17(20)3/h8-11H,5-7,12-15H2,1-4H3. The van der Waals surface area contributed by atoms with Gasteiger partial charge in [-0.25, -0.2) is 16.8 Å². The smallest absolute Gasteiger partial charge is 0.246 e. The van der Waals surface area contributed by atoms with Gasteiger partial charge in [0.25, 0.3) is 0 Å². The molecule has 0 N–H and O–H groups in total. The van der Waals surface area contributed by atoms with Gasteiger partial charge in [-0.2, -0.15) is 13.7 Å². The van der Waals surface area contributed by atoms with E-state index in [1.807, 2.05) is 12.1 Å². The Morgan fingerprint density at radius 2 is 1.43 bits per heavy atom. The van der Waals surface area contributed by atoms with Gasteiger partial charge in [0, 0.05) is 33.2 Å². The molecule has 1 aliphatic heterocycles. The fraction of sp³-hybridized carbons (Fsp3) is 0.550. The van der Waals surface area contributed by atoms with Crippen LogP contribution in [0.5, 0.6) is 0 Å². The van der Waals surface area contributed by atoms with Crippen molar-refractivity contribution in [3.05, 3.63) is 41.2 Å². The third-order valence-electron chi connectivity index (χ3n) is 5.62. The number of nitrogens with zero attached hydrogens (tertiary/aromatic N) is 4. The Hall–Kier alpha value is -1.75. The summed E-state index contributed by atoms with van der Waals surface area (Å²) >= 11 is 0. The number of sulfonamides is 2. The molecule has 166 valence electrons. The zero-order chi connectivity index (χ0) is 22.1. The molecule has 30 heavy (non-hydrogen) atoms. The summed E-state index contributed by atoms with van der Waals surface area (Å²) in [5.41, 5.74) is 2.15. The molecule has 0 spiro atoms. The summed E-state index contributed by atoms with van der Waals surface area (Å²) in [5, 5.41) is 4.20. The number of benzene rings is 1. The highest BCUT2D eigenvalue weighted by Gasteiger charge is 2.36. The maximum Gasteiger partial charge on any atom is 0.246 e. The molecule has 0 saturated carbocycles. The van der Waals surface area contributed by atoms with Crippen molar-refractivity contribution >= 4 is 20.0 Å². The molecular formula is C20H30N4O4S2. The molecule has 8 nitrogen and oxygen atoms in total. The van der Waals surface area contributed by atoms with Crippen LogP contribution in [0.2, 0.25) is 0 Å². The summed E-state index contributed by atoms with van der Waals surface area (Å²) in [7, 11) is -5.66. The second-order valence-electron chi connectivity index (χ2n) is 7.68. The minimum Gasteiger partial charge on any atom is -0.271 e. The van der Waals surface area contributed by atoms with Crippen LogP contribution in [0.3, 0.4) is 0 Å². The maximum atomic E-state index is 13.1. The van der Waals surface area contributed by atoms with Gasteiger partial charge in [-0.1, -0.05) is 25.5 Å². The lowest BCUT2D eigenvalue weighted by Gasteiger charge is -2.33. The molecule has 0 radical (unpaired) electrons. The summed E-state index contributed by atoms with van der Waals surface area (Å²) in [6.45, 7) is 5.99. The van der Waals surface area contributed by atoms with Crippen molar-refractivity contribution in [1.29, 1.82) is 0 Å². The largest absolute Gasteiger partial charge is 0.271 e. The summed E-state index contributed by atoms with van der Waals surface area (Å²) < 4.78 is 56.4. The molecule has 3 rings (SSSR count). The lowest BCUT2D eigenvalue weighted by atomic mass is 10.1. The van der Waals surface area contributed by atoms with Crippen molar-refractivity contribution < 1.29 is 16.8 Å². The number of aryl methyl sites for hydroxylation is 3. The van der Waals surface area contributed by atoms with Crippen molar-refractivity contribution in [3.63, 3.8) is 0 Å². The van der Waals surface area contributed by atoms with Crippen LogP contribution in [0, 0.1) is 13.8 Å². The molecule has 1 aliphatic rings. The normalized spacial score (nSPS) is 16.8. The predicted molar refractivity (Wildman–Crippen MR) is 115 cm³/mol. The van der Waals surface area contributed by atoms with Crippen LogP contribution in [0.1, 0.15) is 36.7 Å². The number of aromatic nitrogens is 2. The number of rotatable bonds is 7.